The van der Waals surface area contributed by atoms with Gasteiger partial charge in [0.25, 0.3) is 0 Å². The fourth-order valence-electron chi connectivity index (χ4n) is 2.25. The first-order valence-corrected chi connectivity index (χ1v) is 7.97. The number of phenolic OH excluding ortho intramolecular Hbond substituents is 1. The van der Waals surface area contributed by atoms with Crippen molar-refractivity contribution in [2.24, 2.45) is 0 Å². The van der Waals surface area contributed by atoms with Gasteiger partial charge in [0, 0.05) is 0 Å². The Morgan fingerprint density at radius 1 is 0.895 bits per heavy atom. The van der Waals surface area contributed by atoms with Crippen molar-refractivity contribution in [1.29, 1.82) is 0 Å². The van der Waals surface area contributed by atoms with Gasteiger partial charge in [-0.25, -0.2) is 0 Å². The third-order valence-corrected chi connectivity index (χ3v) is 3.71. The van der Waals surface area contributed by atoms with Crippen LogP contribution >= 0.6 is 12.6 Å². The quantitative estimate of drug-likeness (QED) is 0.502. The molecule has 0 unspecified atom stereocenters. The molecule has 3 heteroatoms. The summed E-state index contributed by atoms with van der Waals surface area (Å²) in [6, 6.07) is 4.50. The molecule has 0 aromatic heterocycles. The van der Waals surface area contributed by atoms with Crippen LogP contribution in [0.5, 0.6) is 11.5 Å². The van der Waals surface area contributed by atoms with Crippen LogP contribution in [0.15, 0.2) is 18.2 Å². The monoisotopic (exact) mass is 281 g/mol. The average molecular weight is 281 g/mol. The van der Waals surface area contributed by atoms with Crippen molar-refractivity contribution in [3.8, 4) is 11.5 Å². The Hall–Kier alpha value is -0.830. The van der Waals surface area contributed by atoms with E-state index in [1.165, 1.54) is 57.1 Å². The van der Waals surface area contributed by atoms with Crippen molar-refractivity contribution in [3.63, 3.8) is 0 Å². The minimum absolute atomic E-state index is 0.0459. The number of aryl methyl sites for hydroxylation is 1. The van der Waals surface area contributed by atoms with E-state index in [0.717, 1.165) is 24.2 Å². The lowest BCUT2D eigenvalue weighted by molar-refractivity contribution is -0.269. The molecule has 0 atom stereocenters. The highest BCUT2D eigenvalue weighted by Crippen LogP contribution is 2.22. The Morgan fingerprint density at radius 2 is 1.47 bits per heavy atom. The summed E-state index contributed by atoms with van der Waals surface area (Å²) in [7, 11) is 0. The van der Waals surface area contributed by atoms with Crippen LogP contribution in [-0.4, -0.2) is 10.9 Å². The summed E-state index contributed by atoms with van der Waals surface area (Å²) in [5, 5.41) is 20.9. The summed E-state index contributed by atoms with van der Waals surface area (Å²) >= 11 is 4.20. The summed E-state index contributed by atoms with van der Waals surface area (Å²) in [6.45, 7) is 0. The van der Waals surface area contributed by atoms with E-state index in [1.807, 2.05) is 0 Å². The zero-order valence-corrected chi connectivity index (χ0v) is 12.5. The van der Waals surface area contributed by atoms with Gasteiger partial charge >= 0.3 is 0 Å². The lowest BCUT2D eigenvalue weighted by atomic mass is 10.0. The first-order valence-electron chi connectivity index (χ1n) is 7.34. The molecular formula is C16H25O2S-. The second-order valence-corrected chi connectivity index (χ2v) is 5.54. The third-order valence-electron chi connectivity index (χ3n) is 3.40. The largest absolute Gasteiger partial charge is 0.872 e. The highest BCUT2D eigenvalue weighted by atomic mass is 32.1. The zero-order valence-electron chi connectivity index (χ0n) is 11.6. The topological polar surface area (TPSA) is 43.3 Å². The van der Waals surface area contributed by atoms with E-state index in [9.17, 15) is 10.2 Å². The molecule has 1 rings (SSSR count). The number of benzene rings is 1. The maximum Gasteiger partial charge on any atom is 0.115 e. The molecule has 0 aliphatic carbocycles. The Morgan fingerprint density at radius 3 is 2.11 bits per heavy atom. The zero-order chi connectivity index (χ0) is 13.9. The molecule has 2 nitrogen and oxygen atoms in total. The number of hydrogen-bond acceptors (Lipinski definition) is 3. The van der Waals surface area contributed by atoms with Crippen molar-refractivity contribution >= 4 is 12.6 Å². The van der Waals surface area contributed by atoms with Crippen molar-refractivity contribution in [1.82, 2.24) is 0 Å². The number of thiol groups is 1. The minimum atomic E-state index is 0.0459. The highest BCUT2D eigenvalue weighted by molar-refractivity contribution is 7.80. The van der Waals surface area contributed by atoms with Crippen molar-refractivity contribution in [2.45, 2.75) is 57.8 Å². The smallest absolute Gasteiger partial charge is 0.115 e. The van der Waals surface area contributed by atoms with Crippen LogP contribution in [0.3, 0.4) is 0 Å². The molecular weight excluding hydrogens is 256 g/mol. The summed E-state index contributed by atoms with van der Waals surface area (Å²) in [6.07, 6.45) is 10.7. The fraction of sp³-hybridized carbons (Fsp3) is 0.625. The predicted octanol–water partition coefficient (Wildman–Crippen LogP) is 4.06. The van der Waals surface area contributed by atoms with Gasteiger partial charge in [0.1, 0.15) is 5.75 Å². The molecule has 0 saturated heterocycles. The molecule has 108 valence electrons. The van der Waals surface area contributed by atoms with Gasteiger partial charge in [-0.15, -0.1) is 5.75 Å². The van der Waals surface area contributed by atoms with Crippen molar-refractivity contribution in [2.75, 3.05) is 5.75 Å². The van der Waals surface area contributed by atoms with Crippen LogP contribution in [0.2, 0.25) is 0 Å². The molecule has 0 saturated carbocycles. The summed E-state index contributed by atoms with van der Waals surface area (Å²) in [4.78, 5) is 0. The van der Waals surface area contributed by atoms with Crippen LogP contribution < -0.4 is 5.11 Å². The van der Waals surface area contributed by atoms with Crippen molar-refractivity contribution in [3.05, 3.63) is 23.8 Å². The number of phenols is 1. The van der Waals surface area contributed by atoms with E-state index in [1.54, 1.807) is 6.07 Å². The molecule has 0 bridgehead atoms. The van der Waals surface area contributed by atoms with Crippen LogP contribution in [0.25, 0.3) is 0 Å². The maximum absolute atomic E-state index is 11.5. The van der Waals surface area contributed by atoms with Gasteiger partial charge < -0.3 is 10.2 Å². The Bertz CT molecular complexity index is 353. The maximum atomic E-state index is 11.5. The molecule has 1 N–H and O–H groups in total. The van der Waals surface area contributed by atoms with Gasteiger partial charge in [-0.05, 0) is 37.1 Å². The first-order chi connectivity index (χ1) is 9.24. The molecule has 0 radical (unpaired) electrons. The van der Waals surface area contributed by atoms with E-state index >= 15 is 0 Å². The second kappa shape index (κ2) is 10.0. The molecule has 0 heterocycles. The molecule has 0 spiro atoms. The highest BCUT2D eigenvalue weighted by Gasteiger charge is 1.97. The summed E-state index contributed by atoms with van der Waals surface area (Å²) in [5.74, 6) is 1.24. The summed E-state index contributed by atoms with van der Waals surface area (Å²) < 4.78 is 0. The Balaban J connectivity index is 2.03. The predicted molar refractivity (Wildman–Crippen MR) is 82.0 cm³/mol. The van der Waals surface area contributed by atoms with Crippen LogP contribution in [0.4, 0.5) is 0 Å². The SMILES string of the molecule is [O-]c1ccc(O)cc1CCCCCCCCCCS. The average Bonchev–Trinajstić information content (AvgIpc) is 2.40. The number of unbranched alkanes of at least 4 members (excludes halogenated alkanes) is 7. The number of rotatable bonds is 10. The van der Waals surface area contributed by atoms with Crippen LogP contribution in [-0.2, 0) is 6.42 Å². The number of hydrogen-bond donors (Lipinski definition) is 2. The van der Waals surface area contributed by atoms with Gasteiger partial charge in [-0.2, -0.15) is 12.6 Å². The Kier molecular flexibility index (Phi) is 8.55. The standard InChI is InChI=1S/C16H26O2S/c17-15-10-11-16(18)14(13-15)9-7-5-3-1-2-4-6-8-12-19/h10-11,13,17-19H,1-9,12H2/p-1. The Labute approximate surface area is 122 Å². The molecule has 0 fully saturated rings. The fourth-order valence-corrected chi connectivity index (χ4v) is 2.47. The van der Waals surface area contributed by atoms with Gasteiger partial charge in [0.15, 0.2) is 0 Å². The van der Waals surface area contributed by atoms with Gasteiger partial charge in [-0.3, -0.25) is 0 Å². The van der Waals surface area contributed by atoms with E-state index in [-0.39, 0.29) is 11.5 Å². The van der Waals surface area contributed by atoms with E-state index in [2.05, 4.69) is 12.6 Å². The first kappa shape index (κ1) is 16.2. The molecule has 1 aromatic rings. The van der Waals surface area contributed by atoms with Gasteiger partial charge in [0.05, 0.1) is 0 Å². The molecule has 0 amide bonds. The molecule has 0 aliphatic heterocycles. The lowest BCUT2D eigenvalue weighted by Gasteiger charge is -2.13. The van der Waals surface area contributed by atoms with Crippen molar-refractivity contribution < 1.29 is 10.2 Å². The summed E-state index contributed by atoms with van der Waals surface area (Å²) in [5.41, 5.74) is 0.744. The number of aromatic hydroxyl groups is 1. The normalized spacial score (nSPS) is 10.8. The van der Waals surface area contributed by atoms with Gasteiger partial charge in [-0.1, -0.05) is 50.2 Å². The lowest BCUT2D eigenvalue weighted by Crippen LogP contribution is -1.96. The molecule has 0 aliphatic rings. The van der Waals surface area contributed by atoms with Crippen LogP contribution in [0, 0.1) is 0 Å². The van der Waals surface area contributed by atoms with E-state index < -0.39 is 0 Å². The van der Waals surface area contributed by atoms with E-state index in [0.29, 0.717) is 0 Å². The van der Waals surface area contributed by atoms with Gasteiger partial charge in [0.2, 0.25) is 0 Å². The molecule has 19 heavy (non-hydrogen) atoms. The third kappa shape index (κ3) is 7.36. The minimum Gasteiger partial charge on any atom is -0.872 e. The van der Waals surface area contributed by atoms with E-state index in [4.69, 9.17) is 0 Å². The second-order valence-electron chi connectivity index (χ2n) is 5.09. The van der Waals surface area contributed by atoms with Crippen LogP contribution in [0.1, 0.15) is 56.9 Å². The molecule has 1 aromatic carbocycles.